The molecule has 0 bridgehead atoms. The van der Waals surface area contributed by atoms with Gasteiger partial charge in [-0.2, -0.15) is 0 Å². The van der Waals surface area contributed by atoms with Crippen molar-refractivity contribution in [2.45, 2.75) is 159 Å². The van der Waals surface area contributed by atoms with Gasteiger partial charge >= 0.3 is 0 Å². The topological polar surface area (TPSA) is 9.23 Å². The smallest absolute Gasteiger partial charge is 0.0888 e. The Kier molecular flexibility index (Phi) is 31.0. The number of hydrogen-bond donors (Lipinski definition) is 0. The Labute approximate surface area is 270 Å². The molecule has 0 fully saturated rings. The zero-order valence-electron chi connectivity index (χ0n) is 30.3. The van der Waals surface area contributed by atoms with Crippen LogP contribution in [0, 0.1) is 5.92 Å². The number of ether oxygens (including phenoxy) is 1. The van der Waals surface area contributed by atoms with Crippen LogP contribution in [0.5, 0.6) is 0 Å². The maximum absolute atomic E-state index is 5.37. The molecule has 2 aromatic carbocycles. The molecule has 0 radical (unpaired) electrons. The maximum Gasteiger partial charge on any atom is 0.0888 e. The van der Waals surface area contributed by atoms with Crippen molar-refractivity contribution >= 4 is 0 Å². The van der Waals surface area contributed by atoms with Crippen molar-refractivity contribution in [3.63, 3.8) is 0 Å². The van der Waals surface area contributed by atoms with E-state index in [-0.39, 0.29) is 0 Å². The second-order valence-corrected chi connectivity index (χ2v) is 11.8. The van der Waals surface area contributed by atoms with Crippen molar-refractivity contribution in [3.05, 3.63) is 95.3 Å². The summed E-state index contributed by atoms with van der Waals surface area (Å²) in [6.45, 7) is 27.8. The molecule has 43 heavy (non-hydrogen) atoms. The Hall–Kier alpha value is -2.28. The van der Waals surface area contributed by atoms with Crippen LogP contribution in [0.4, 0.5) is 0 Å². The molecule has 2 rings (SSSR count). The molecule has 0 saturated heterocycles. The molecule has 1 unspecified atom stereocenters. The molecule has 0 aliphatic rings. The molecule has 0 heterocycles. The summed E-state index contributed by atoms with van der Waals surface area (Å²) in [6.07, 6.45) is 18.4. The molecule has 0 aliphatic carbocycles. The monoisotopic (exact) mass is 593 g/mol. The molecular formula is C42H72O. The lowest BCUT2D eigenvalue weighted by Gasteiger charge is -2.10. The van der Waals surface area contributed by atoms with E-state index in [2.05, 4.69) is 103 Å². The van der Waals surface area contributed by atoms with Gasteiger partial charge in [-0.1, -0.05) is 141 Å². The van der Waals surface area contributed by atoms with Gasteiger partial charge in [0.25, 0.3) is 0 Å². The molecule has 0 aromatic heterocycles. The Bertz CT molecular complexity index is 874. The highest BCUT2D eigenvalue weighted by atomic mass is 16.5. The highest BCUT2D eigenvalue weighted by Gasteiger charge is 2.03. The van der Waals surface area contributed by atoms with Crippen LogP contribution in [0.25, 0.3) is 0 Å². The van der Waals surface area contributed by atoms with E-state index in [9.17, 15) is 0 Å². The molecular weight excluding hydrogens is 520 g/mol. The molecule has 0 aliphatic heterocycles. The highest BCUT2D eigenvalue weighted by Crippen LogP contribution is 2.16. The summed E-state index contributed by atoms with van der Waals surface area (Å²) in [5.74, 6) is 1.74. The SMILES string of the molecule is C=C(C)CCCCCc1ccc(CC)cc1.C=C(CCCCCc1ccc(CC(C)CCC)cc1)OCC.CC.CCC. The summed E-state index contributed by atoms with van der Waals surface area (Å²) in [6, 6.07) is 18.3. The summed E-state index contributed by atoms with van der Waals surface area (Å²) < 4.78 is 5.37. The fourth-order valence-electron chi connectivity index (χ4n) is 4.82. The minimum absolute atomic E-state index is 0.738. The van der Waals surface area contributed by atoms with Crippen LogP contribution in [0.15, 0.2) is 73.0 Å². The molecule has 0 N–H and O–H groups in total. The van der Waals surface area contributed by atoms with E-state index >= 15 is 0 Å². The van der Waals surface area contributed by atoms with Crippen LogP contribution in [-0.4, -0.2) is 6.61 Å². The Morgan fingerprint density at radius 2 is 1.09 bits per heavy atom. The Balaban J connectivity index is 0. The highest BCUT2D eigenvalue weighted by molar-refractivity contribution is 5.23. The summed E-state index contributed by atoms with van der Waals surface area (Å²) >= 11 is 0. The van der Waals surface area contributed by atoms with E-state index in [1.807, 2.05) is 20.8 Å². The fourth-order valence-corrected chi connectivity index (χ4v) is 4.82. The van der Waals surface area contributed by atoms with Crippen molar-refractivity contribution < 1.29 is 4.74 Å². The van der Waals surface area contributed by atoms with E-state index in [1.165, 1.54) is 111 Å². The first-order valence-corrected chi connectivity index (χ1v) is 17.9. The van der Waals surface area contributed by atoms with Gasteiger partial charge < -0.3 is 4.74 Å². The lowest BCUT2D eigenvalue weighted by molar-refractivity contribution is 0.218. The number of aryl methyl sites for hydroxylation is 3. The molecule has 246 valence electrons. The van der Waals surface area contributed by atoms with E-state index < -0.39 is 0 Å². The zero-order valence-corrected chi connectivity index (χ0v) is 30.3. The largest absolute Gasteiger partial charge is 0.499 e. The second-order valence-electron chi connectivity index (χ2n) is 11.8. The number of hydrogen-bond acceptors (Lipinski definition) is 1. The first kappa shape index (κ1) is 42.9. The summed E-state index contributed by atoms with van der Waals surface area (Å²) in [7, 11) is 0. The van der Waals surface area contributed by atoms with Gasteiger partial charge in [-0.15, -0.1) is 6.58 Å². The lowest BCUT2D eigenvalue weighted by Crippen LogP contribution is -1.99. The van der Waals surface area contributed by atoms with E-state index in [0.717, 1.165) is 31.1 Å². The first-order valence-electron chi connectivity index (χ1n) is 17.9. The first-order chi connectivity index (χ1) is 20.8. The van der Waals surface area contributed by atoms with E-state index in [1.54, 1.807) is 0 Å². The molecule has 0 amide bonds. The van der Waals surface area contributed by atoms with Crippen LogP contribution in [-0.2, 0) is 30.4 Å². The second kappa shape index (κ2) is 31.2. The van der Waals surface area contributed by atoms with Gasteiger partial charge in [0.05, 0.1) is 12.4 Å². The maximum atomic E-state index is 5.37. The Morgan fingerprint density at radius 1 is 0.651 bits per heavy atom. The quantitative estimate of drug-likeness (QED) is 0.0895. The Morgan fingerprint density at radius 3 is 1.51 bits per heavy atom. The van der Waals surface area contributed by atoms with Crippen molar-refractivity contribution in [1.82, 2.24) is 0 Å². The minimum atomic E-state index is 0.738. The van der Waals surface area contributed by atoms with Crippen molar-refractivity contribution in [1.29, 1.82) is 0 Å². The third-order valence-electron chi connectivity index (χ3n) is 7.16. The summed E-state index contributed by atoms with van der Waals surface area (Å²) in [5, 5.41) is 0. The molecule has 0 spiro atoms. The van der Waals surface area contributed by atoms with Gasteiger partial charge in [0.1, 0.15) is 0 Å². The lowest BCUT2D eigenvalue weighted by atomic mass is 9.95. The number of allylic oxidation sites excluding steroid dienone is 2. The standard InChI is InChI=1S/C21H34O.C16H24.C3H8.C2H6/c1-5-10-18(3)17-21-15-13-20(14-16-21)12-9-7-8-11-19(4)22-6-2;1-4-15-10-12-16(13-11-15)9-7-5-6-8-14(2)3;1-3-2;1-2/h13-16,18H,4-12,17H2,1-3H3;10-13H,2,4-9H2,1,3H3;3H2,1-2H3;1-2H3. The molecule has 1 heteroatoms. The van der Waals surface area contributed by atoms with Gasteiger partial charge in [0.15, 0.2) is 0 Å². The molecule has 2 aromatic rings. The van der Waals surface area contributed by atoms with Gasteiger partial charge in [-0.05, 0) is 99.8 Å². The van der Waals surface area contributed by atoms with Crippen molar-refractivity contribution in [2.75, 3.05) is 6.61 Å². The average Bonchev–Trinajstić information content (AvgIpc) is 3.00. The molecule has 0 saturated carbocycles. The number of benzene rings is 2. The van der Waals surface area contributed by atoms with Crippen LogP contribution in [0.2, 0.25) is 0 Å². The van der Waals surface area contributed by atoms with Gasteiger partial charge in [-0.25, -0.2) is 0 Å². The van der Waals surface area contributed by atoms with Gasteiger partial charge in [0, 0.05) is 6.42 Å². The minimum Gasteiger partial charge on any atom is -0.499 e. The van der Waals surface area contributed by atoms with E-state index in [0.29, 0.717) is 0 Å². The molecule has 1 nitrogen and oxygen atoms in total. The molecule has 1 atom stereocenters. The van der Waals surface area contributed by atoms with E-state index in [4.69, 9.17) is 4.74 Å². The van der Waals surface area contributed by atoms with Crippen molar-refractivity contribution in [2.24, 2.45) is 5.92 Å². The van der Waals surface area contributed by atoms with Crippen LogP contribution in [0.3, 0.4) is 0 Å². The fraction of sp³-hybridized carbons (Fsp3) is 0.619. The van der Waals surface area contributed by atoms with Crippen LogP contribution < -0.4 is 0 Å². The number of unbranched alkanes of at least 4 members (excludes halogenated alkanes) is 4. The van der Waals surface area contributed by atoms with Crippen molar-refractivity contribution in [3.8, 4) is 0 Å². The van der Waals surface area contributed by atoms with Gasteiger partial charge in [0.2, 0.25) is 0 Å². The third kappa shape index (κ3) is 27.0. The van der Waals surface area contributed by atoms with Crippen LogP contribution in [0.1, 0.15) is 155 Å². The van der Waals surface area contributed by atoms with Gasteiger partial charge in [-0.3, -0.25) is 0 Å². The predicted octanol–water partition coefficient (Wildman–Crippen LogP) is 13.7. The summed E-state index contributed by atoms with van der Waals surface area (Å²) in [5.41, 5.74) is 7.18. The average molecular weight is 593 g/mol. The normalized spacial score (nSPS) is 10.6. The number of rotatable bonds is 19. The predicted molar refractivity (Wildman–Crippen MR) is 197 cm³/mol. The zero-order chi connectivity index (χ0) is 32.7. The third-order valence-corrected chi connectivity index (χ3v) is 7.16. The summed E-state index contributed by atoms with van der Waals surface area (Å²) in [4.78, 5) is 0. The van der Waals surface area contributed by atoms with Crippen LogP contribution >= 0.6 is 0 Å².